The summed E-state index contributed by atoms with van der Waals surface area (Å²) in [4.78, 5) is 14.2. The molecule has 0 saturated carbocycles. The number of carbonyl (C=O) groups excluding carboxylic acids is 1. The van der Waals surface area contributed by atoms with Gasteiger partial charge in [0.25, 0.3) is 5.91 Å². The third-order valence-electron chi connectivity index (χ3n) is 3.77. The number of anilines is 1. The van der Waals surface area contributed by atoms with Crippen molar-refractivity contribution in [2.75, 3.05) is 19.1 Å². The van der Waals surface area contributed by atoms with E-state index in [0.29, 0.717) is 5.56 Å². The number of carbonyl (C=O) groups is 1. The number of methoxy groups -OCH3 is 1. The second kappa shape index (κ2) is 5.42. The summed E-state index contributed by atoms with van der Waals surface area (Å²) < 4.78 is 5.12. The quantitative estimate of drug-likeness (QED) is 0.893. The maximum Gasteiger partial charge on any atom is 0.255 e. The van der Waals surface area contributed by atoms with Gasteiger partial charge in [0.1, 0.15) is 6.17 Å². The fraction of sp³-hybridized carbons (Fsp3) is 0.188. The SMILES string of the molecule is COc1cc([C@H]2NC(=O)c3ccccc3N2C)cc(Cl)c1O. The minimum atomic E-state index is -0.394. The first kappa shape index (κ1) is 14.5. The van der Waals surface area contributed by atoms with Crippen LogP contribution in [0.2, 0.25) is 5.02 Å². The number of hydrogen-bond donors (Lipinski definition) is 2. The number of nitrogens with zero attached hydrogens (tertiary/aromatic N) is 1. The van der Waals surface area contributed by atoms with Gasteiger partial charge in [-0.3, -0.25) is 4.79 Å². The Balaban J connectivity index is 2.07. The molecule has 1 aliphatic heterocycles. The van der Waals surface area contributed by atoms with E-state index in [-0.39, 0.29) is 22.4 Å². The van der Waals surface area contributed by atoms with Crippen molar-refractivity contribution >= 4 is 23.2 Å². The van der Waals surface area contributed by atoms with E-state index in [1.165, 1.54) is 7.11 Å². The predicted molar refractivity (Wildman–Crippen MR) is 84.7 cm³/mol. The zero-order valence-electron chi connectivity index (χ0n) is 12.1. The predicted octanol–water partition coefficient (Wildman–Crippen LogP) is 2.93. The number of phenolic OH excluding ortho intramolecular Hbond substituents is 1. The van der Waals surface area contributed by atoms with E-state index in [4.69, 9.17) is 16.3 Å². The lowest BCUT2D eigenvalue weighted by molar-refractivity contribution is 0.0928. The van der Waals surface area contributed by atoms with Gasteiger partial charge in [-0.2, -0.15) is 0 Å². The first-order valence-corrected chi connectivity index (χ1v) is 7.10. The summed E-state index contributed by atoms with van der Waals surface area (Å²) >= 11 is 6.04. The minimum Gasteiger partial charge on any atom is -0.503 e. The number of rotatable bonds is 2. The van der Waals surface area contributed by atoms with Gasteiger partial charge in [-0.15, -0.1) is 0 Å². The van der Waals surface area contributed by atoms with E-state index in [2.05, 4.69) is 5.32 Å². The molecule has 0 fully saturated rings. The largest absolute Gasteiger partial charge is 0.503 e. The van der Waals surface area contributed by atoms with Crippen molar-refractivity contribution in [1.29, 1.82) is 0 Å². The molecule has 2 aromatic carbocycles. The van der Waals surface area contributed by atoms with Crippen LogP contribution in [0.15, 0.2) is 36.4 Å². The molecule has 0 spiro atoms. The summed E-state index contributed by atoms with van der Waals surface area (Å²) in [6.45, 7) is 0. The molecule has 22 heavy (non-hydrogen) atoms. The standard InChI is InChI=1S/C16H15ClN2O3/c1-19-12-6-4-3-5-10(12)16(21)18-15(19)9-7-11(17)14(20)13(8-9)22-2/h3-8,15,20H,1-2H3,(H,18,21)/t15-/m0/s1. The molecule has 0 bridgehead atoms. The molecular formula is C16H15ClN2O3. The number of phenols is 1. The molecule has 0 radical (unpaired) electrons. The Bertz CT molecular complexity index is 748. The smallest absolute Gasteiger partial charge is 0.255 e. The van der Waals surface area contributed by atoms with Gasteiger partial charge in [0, 0.05) is 12.6 Å². The molecule has 1 heterocycles. The van der Waals surface area contributed by atoms with Gasteiger partial charge in [-0.25, -0.2) is 0 Å². The zero-order valence-corrected chi connectivity index (χ0v) is 12.9. The summed E-state index contributed by atoms with van der Waals surface area (Å²) in [6, 6.07) is 10.7. The van der Waals surface area contributed by atoms with Gasteiger partial charge in [-0.05, 0) is 24.3 Å². The van der Waals surface area contributed by atoms with Gasteiger partial charge in [0.15, 0.2) is 11.5 Å². The average molecular weight is 319 g/mol. The van der Waals surface area contributed by atoms with Gasteiger partial charge in [0.2, 0.25) is 0 Å². The number of benzene rings is 2. The molecule has 2 aromatic rings. The topological polar surface area (TPSA) is 61.8 Å². The van der Waals surface area contributed by atoms with Crippen LogP contribution >= 0.6 is 11.6 Å². The highest BCUT2D eigenvalue weighted by atomic mass is 35.5. The van der Waals surface area contributed by atoms with Crippen LogP contribution < -0.4 is 15.0 Å². The van der Waals surface area contributed by atoms with Crippen molar-refractivity contribution in [3.8, 4) is 11.5 Å². The van der Waals surface area contributed by atoms with Crippen molar-refractivity contribution < 1.29 is 14.6 Å². The fourth-order valence-corrected chi connectivity index (χ4v) is 2.84. The molecule has 1 aliphatic rings. The van der Waals surface area contributed by atoms with Gasteiger partial charge in [0.05, 0.1) is 23.4 Å². The summed E-state index contributed by atoms with van der Waals surface area (Å²) in [6.07, 6.45) is -0.394. The molecule has 5 nitrogen and oxygen atoms in total. The van der Waals surface area contributed by atoms with E-state index in [9.17, 15) is 9.90 Å². The number of para-hydroxylation sites is 1. The van der Waals surface area contributed by atoms with Gasteiger partial charge >= 0.3 is 0 Å². The third kappa shape index (κ3) is 2.23. The van der Waals surface area contributed by atoms with Crippen LogP contribution in [0.25, 0.3) is 0 Å². The Morgan fingerprint density at radius 3 is 2.77 bits per heavy atom. The van der Waals surface area contributed by atoms with E-state index in [1.807, 2.05) is 30.1 Å². The number of amides is 1. The number of aromatic hydroxyl groups is 1. The van der Waals surface area contributed by atoms with E-state index in [1.54, 1.807) is 18.2 Å². The maximum absolute atomic E-state index is 12.3. The summed E-state index contributed by atoms with van der Waals surface area (Å²) in [7, 11) is 3.34. The lowest BCUT2D eigenvalue weighted by Crippen LogP contribution is -2.44. The molecule has 1 atom stereocenters. The molecule has 0 aromatic heterocycles. The highest BCUT2D eigenvalue weighted by Gasteiger charge is 2.30. The Labute approximate surface area is 133 Å². The molecule has 2 N–H and O–H groups in total. The number of halogens is 1. The first-order valence-electron chi connectivity index (χ1n) is 6.72. The molecule has 3 rings (SSSR count). The molecule has 114 valence electrons. The third-order valence-corrected chi connectivity index (χ3v) is 4.06. The van der Waals surface area contributed by atoms with Crippen LogP contribution in [-0.4, -0.2) is 25.2 Å². The normalized spacial score (nSPS) is 17.0. The molecule has 0 saturated heterocycles. The second-order valence-electron chi connectivity index (χ2n) is 5.06. The van der Waals surface area contributed by atoms with E-state index >= 15 is 0 Å². The maximum atomic E-state index is 12.3. The van der Waals surface area contributed by atoms with Crippen molar-refractivity contribution in [3.05, 3.63) is 52.5 Å². The lowest BCUT2D eigenvalue weighted by atomic mass is 10.0. The number of fused-ring (bicyclic) bond motifs is 1. The molecular weight excluding hydrogens is 304 g/mol. The molecule has 6 heteroatoms. The van der Waals surface area contributed by atoms with Crippen LogP contribution in [0.5, 0.6) is 11.5 Å². The van der Waals surface area contributed by atoms with Crippen LogP contribution in [0.4, 0.5) is 5.69 Å². The van der Waals surface area contributed by atoms with E-state index < -0.39 is 6.17 Å². The highest BCUT2D eigenvalue weighted by Crippen LogP contribution is 2.39. The fourth-order valence-electron chi connectivity index (χ4n) is 2.63. The van der Waals surface area contributed by atoms with Crippen molar-refractivity contribution in [1.82, 2.24) is 5.32 Å². The number of nitrogens with one attached hydrogen (secondary N) is 1. The van der Waals surface area contributed by atoms with E-state index in [0.717, 1.165) is 11.3 Å². The second-order valence-corrected chi connectivity index (χ2v) is 5.46. The monoisotopic (exact) mass is 318 g/mol. The van der Waals surface area contributed by atoms with Crippen molar-refractivity contribution in [2.45, 2.75) is 6.17 Å². The summed E-state index contributed by atoms with van der Waals surface area (Å²) in [5, 5.41) is 12.9. The molecule has 1 amide bonds. The van der Waals surface area contributed by atoms with Crippen LogP contribution in [-0.2, 0) is 0 Å². The molecule has 0 aliphatic carbocycles. The summed E-state index contributed by atoms with van der Waals surface area (Å²) in [5.41, 5.74) is 2.18. The Morgan fingerprint density at radius 2 is 2.05 bits per heavy atom. The highest BCUT2D eigenvalue weighted by molar-refractivity contribution is 6.32. The lowest BCUT2D eigenvalue weighted by Gasteiger charge is -2.36. The van der Waals surface area contributed by atoms with Crippen LogP contribution in [0.3, 0.4) is 0 Å². The average Bonchev–Trinajstić information content (AvgIpc) is 2.53. The van der Waals surface area contributed by atoms with Crippen molar-refractivity contribution in [3.63, 3.8) is 0 Å². The molecule has 0 unspecified atom stereocenters. The Hall–Kier alpha value is -2.40. The van der Waals surface area contributed by atoms with Crippen LogP contribution in [0, 0.1) is 0 Å². The Kier molecular flexibility index (Phi) is 3.58. The first-order chi connectivity index (χ1) is 10.5. The minimum absolute atomic E-state index is 0.113. The van der Waals surface area contributed by atoms with Gasteiger partial charge < -0.3 is 20.1 Å². The van der Waals surface area contributed by atoms with Gasteiger partial charge in [-0.1, -0.05) is 23.7 Å². The zero-order chi connectivity index (χ0) is 15.9. The Morgan fingerprint density at radius 1 is 1.32 bits per heavy atom. The van der Waals surface area contributed by atoms with Crippen LogP contribution in [0.1, 0.15) is 22.1 Å². The summed E-state index contributed by atoms with van der Waals surface area (Å²) in [5.74, 6) is 0.00368. The number of hydrogen-bond acceptors (Lipinski definition) is 4. The van der Waals surface area contributed by atoms with Crippen molar-refractivity contribution in [2.24, 2.45) is 0 Å². The number of ether oxygens (including phenoxy) is 1.